The molecule has 6 heteroatoms. The first kappa shape index (κ1) is 17.0. The number of rotatable bonds is 6. The molecule has 0 radical (unpaired) electrons. The van der Waals surface area contributed by atoms with E-state index in [4.69, 9.17) is 14.2 Å². The Morgan fingerprint density at radius 1 is 1.12 bits per heavy atom. The van der Waals surface area contributed by atoms with Crippen molar-refractivity contribution in [2.45, 2.75) is 6.54 Å². The van der Waals surface area contributed by atoms with Gasteiger partial charge >= 0.3 is 0 Å². The van der Waals surface area contributed by atoms with Crippen molar-refractivity contribution < 1.29 is 14.2 Å². The van der Waals surface area contributed by atoms with Gasteiger partial charge in [-0.3, -0.25) is 0 Å². The zero-order chi connectivity index (χ0) is 17.5. The summed E-state index contributed by atoms with van der Waals surface area (Å²) in [6.45, 7) is 2.09. The Hall–Kier alpha value is -2.89. The van der Waals surface area contributed by atoms with Gasteiger partial charge in [0.1, 0.15) is 12.4 Å². The van der Waals surface area contributed by atoms with Crippen LogP contribution >= 0.6 is 0 Å². The van der Waals surface area contributed by atoms with Crippen LogP contribution in [0.4, 0.5) is 0 Å². The first-order chi connectivity index (χ1) is 12.2. The number of ether oxygens (including phenoxy) is 3. The fourth-order valence-electron chi connectivity index (χ4n) is 2.40. The SMILES string of the molecule is CN(C)C(=NCc1ccccc1)NCCOc1ccc2c(c1)OCO2. The Kier molecular flexibility index (Phi) is 5.61. The summed E-state index contributed by atoms with van der Waals surface area (Å²) in [5.41, 5.74) is 1.18. The molecule has 0 aromatic heterocycles. The largest absolute Gasteiger partial charge is 0.492 e. The van der Waals surface area contributed by atoms with Gasteiger partial charge in [-0.15, -0.1) is 0 Å². The Bertz CT molecular complexity index is 717. The van der Waals surface area contributed by atoms with Crippen LogP contribution in [0.1, 0.15) is 5.56 Å². The first-order valence-electron chi connectivity index (χ1n) is 8.24. The van der Waals surface area contributed by atoms with E-state index in [0.717, 1.165) is 23.2 Å². The second-order valence-electron chi connectivity index (χ2n) is 5.81. The van der Waals surface area contributed by atoms with Crippen molar-refractivity contribution in [1.82, 2.24) is 10.2 Å². The second-order valence-corrected chi connectivity index (χ2v) is 5.81. The molecule has 0 amide bonds. The maximum atomic E-state index is 5.75. The third-order valence-corrected chi connectivity index (χ3v) is 3.68. The van der Waals surface area contributed by atoms with E-state index < -0.39 is 0 Å². The molecule has 1 aliphatic rings. The molecule has 0 unspecified atom stereocenters. The van der Waals surface area contributed by atoms with Crippen LogP contribution in [0.15, 0.2) is 53.5 Å². The second kappa shape index (κ2) is 8.28. The van der Waals surface area contributed by atoms with Crippen molar-refractivity contribution in [3.8, 4) is 17.2 Å². The van der Waals surface area contributed by atoms with E-state index in [0.29, 0.717) is 19.7 Å². The standard InChI is InChI=1S/C19H23N3O3/c1-22(2)19(21-13-15-6-4-3-5-7-15)20-10-11-23-16-8-9-17-18(12-16)25-14-24-17/h3-9,12H,10-11,13-14H2,1-2H3,(H,20,21). The summed E-state index contributed by atoms with van der Waals surface area (Å²) in [4.78, 5) is 6.59. The van der Waals surface area contributed by atoms with Gasteiger partial charge in [-0.05, 0) is 17.7 Å². The highest BCUT2D eigenvalue weighted by Gasteiger charge is 2.13. The maximum absolute atomic E-state index is 5.75. The van der Waals surface area contributed by atoms with Gasteiger partial charge in [0.05, 0.1) is 13.1 Å². The molecule has 0 saturated heterocycles. The van der Waals surface area contributed by atoms with Crippen molar-refractivity contribution >= 4 is 5.96 Å². The molecular weight excluding hydrogens is 318 g/mol. The Labute approximate surface area is 148 Å². The Balaban J connectivity index is 1.47. The van der Waals surface area contributed by atoms with E-state index >= 15 is 0 Å². The number of guanidine groups is 1. The number of hydrogen-bond donors (Lipinski definition) is 1. The molecule has 0 saturated carbocycles. The number of fused-ring (bicyclic) bond motifs is 1. The number of nitrogens with zero attached hydrogens (tertiary/aromatic N) is 2. The fraction of sp³-hybridized carbons (Fsp3) is 0.316. The summed E-state index contributed by atoms with van der Waals surface area (Å²) >= 11 is 0. The quantitative estimate of drug-likeness (QED) is 0.497. The lowest BCUT2D eigenvalue weighted by Crippen LogP contribution is -2.38. The highest BCUT2D eigenvalue weighted by Crippen LogP contribution is 2.34. The van der Waals surface area contributed by atoms with Gasteiger partial charge in [-0.1, -0.05) is 30.3 Å². The lowest BCUT2D eigenvalue weighted by atomic mass is 10.2. The van der Waals surface area contributed by atoms with Gasteiger partial charge in [-0.25, -0.2) is 4.99 Å². The molecule has 0 fully saturated rings. The van der Waals surface area contributed by atoms with Crippen molar-refractivity contribution in [2.75, 3.05) is 34.0 Å². The molecule has 0 aliphatic carbocycles. The average molecular weight is 341 g/mol. The van der Waals surface area contributed by atoms with Crippen LogP contribution in [0.2, 0.25) is 0 Å². The maximum Gasteiger partial charge on any atom is 0.231 e. The molecule has 2 aromatic carbocycles. The molecule has 2 aromatic rings. The monoisotopic (exact) mass is 341 g/mol. The van der Waals surface area contributed by atoms with Gasteiger partial charge in [-0.2, -0.15) is 0 Å². The van der Waals surface area contributed by atoms with E-state index in [9.17, 15) is 0 Å². The van der Waals surface area contributed by atoms with Crippen molar-refractivity contribution in [3.63, 3.8) is 0 Å². The molecular formula is C19H23N3O3. The molecule has 0 spiro atoms. The molecule has 1 aliphatic heterocycles. The van der Waals surface area contributed by atoms with Gasteiger partial charge in [0.25, 0.3) is 0 Å². The lowest BCUT2D eigenvalue weighted by molar-refractivity contribution is 0.173. The van der Waals surface area contributed by atoms with Gasteiger partial charge in [0.2, 0.25) is 6.79 Å². The molecule has 6 nitrogen and oxygen atoms in total. The smallest absolute Gasteiger partial charge is 0.231 e. The summed E-state index contributed by atoms with van der Waals surface area (Å²) < 4.78 is 16.4. The van der Waals surface area contributed by atoms with E-state index in [-0.39, 0.29) is 6.79 Å². The van der Waals surface area contributed by atoms with Gasteiger partial charge < -0.3 is 24.4 Å². The predicted molar refractivity (Wildman–Crippen MR) is 97.3 cm³/mol. The van der Waals surface area contributed by atoms with Crippen molar-refractivity contribution in [3.05, 3.63) is 54.1 Å². The molecule has 25 heavy (non-hydrogen) atoms. The van der Waals surface area contributed by atoms with Crippen molar-refractivity contribution in [2.24, 2.45) is 4.99 Å². The zero-order valence-electron chi connectivity index (χ0n) is 14.6. The van der Waals surface area contributed by atoms with E-state index in [1.54, 1.807) is 0 Å². The summed E-state index contributed by atoms with van der Waals surface area (Å²) in [5.74, 6) is 3.08. The predicted octanol–water partition coefficient (Wildman–Crippen LogP) is 2.50. The van der Waals surface area contributed by atoms with E-state index in [1.165, 1.54) is 5.56 Å². The molecule has 3 rings (SSSR count). The van der Waals surface area contributed by atoms with Crippen LogP contribution in [-0.4, -0.2) is 44.9 Å². The number of nitrogens with one attached hydrogen (secondary N) is 1. The fourth-order valence-corrected chi connectivity index (χ4v) is 2.40. The molecule has 132 valence electrons. The van der Waals surface area contributed by atoms with Crippen LogP contribution in [-0.2, 0) is 6.54 Å². The van der Waals surface area contributed by atoms with Gasteiger partial charge in [0.15, 0.2) is 17.5 Å². The first-order valence-corrected chi connectivity index (χ1v) is 8.24. The van der Waals surface area contributed by atoms with Gasteiger partial charge in [0, 0.05) is 20.2 Å². The van der Waals surface area contributed by atoms with Crippen LogP contribution in [0, 0.1) is 0 Å². The number of benzene rings is 2. The normalized spacial score (nSPS) is 12.8. The summed E-state index contributed by atoms with van der Waals surface area (Å²) in [6, 6.07) is 15.8. The van der Waals surface area contributed by atoms with E-state index in [2.05, 4.69) is 22.4 Å². The molecule has 0 bridgehead atoms. The topological polar surface area (TPSA) is 55.3 Å². The highest BCUT2D eigenvalue weighted by molar-refractivity contribution is 5.79. The summed E-state index contributed by atoms with van der Waals surface area (Å²) in [7, 11) is 3.94. The minimum absolute atomic E-state index is 0.268. The minimum atomic E-state index is 0.268. The third-order valence-electron chi connectivity index (χ3n) is 3.68. The number of aliphatic imine (C=N–C) groups is 1. The summed E-state index contributed by atoms with van der Waals surface area (Å²) in [5, 5.41) is 3.31. The van der Waals surface area contributed by atoms with Crippen molar-refractivity contribution in [1.29, 1.82) is 0 Å². The molecule has 0 atom stereocenters. The average Bonchev–Trinajstić information content (AvgIpc) is 3.09. The van der Waals surface area contributed by atoms with Crippen LogP contribution in [0.25, 0.3) is 0 Å². The zero-order valence-corrected chi connectivity index (χ0v) is 14.6. The summed E-state index contributed by atoms with van der Waals surface area (Å²) in [6.07, 6.45) is 0. The Morgan fingerprint density at radius 3 is 2.72 bits per heavy atom. The minimum Gasteiger partial charge on any atom is -0.492 e. The number of hydrogen-bond acceptors (Lipinski definition) is 4. The lowest BCUT2D eigenvalue weighted by Gasteiger charge is -2.18. The van der Waals surface area contributed by atoms with Crippen LogP contribution in [0.5, 0.6) is 17.2 Å². The third kappa shape index (κ3) is 4.79. The van der Waals surface area contributed by atoms with Crippen LogP contribution in [0.3, 0.4) is 0 Å². The molecule has 1 N–H and O–H groups in total. The van der Waals surface area contributed by atoms with E-state index in [1.807, 2.05) is 55.4 Å². The molecule has 1 heterocycles. The van der Waals surface area contributed by atoms with Crippen LogP contribution < -0.4 is 19.5 Å². The highest BCUT2D eigenvalue weighted by atomic mass is 16.7. The Morgan fingerprint density at radius 2 is 1.92 bits per heavy atom.